The summed E-state index contributed by atoms with van der Waals surface area (Å²) in [5.74, 6) is 0.344. The zero-order valence-corrected chi connectivity index (χ0v) is 15.2. The molecule has 1 amide bonds. The van der Waals surface area contributed by atoms with E-state index in [1.54, 1.807) is 6.07 Å². The van der Waals surface area contributed by atoms with Crippen molar-refractivity contribution in [2.75, 3.05) is 11.1 Å². The first-order chi connectivity index (χ1) is 12.4. The van der Waals surface area contributed by atoms with E-state index in [1.165, 1.54) is 0 Å². The predicted octanol–water partition coefficient (Wildman–Crippen LogP) is 4.37. The highest BCUT2D eigenvalue weighted by Crippen LogP contribution is 2.41. The topological polar surface area (TPSA) is 94.0 Å². The van der Waals surface area contributed by atoms with E-state index < -0.39 is 0 Å². The van der Waals surface area contributed by atoms with Crippen molar-refractivity contribution in [2.45, 2.75) is 45.4 Å². The van der Waals surface area contributed by atoms with E-state index in [1.807, 2.05) is 39.0 Å². The van der Waals surface area contributed by atoms with Gasteiger partial charge in [-0.3, -0.25) is 4.79 Å². The summed E-state index contributed by atoms with van der Waals surface area (Å²) in [7, 11) is 0. The number of nitrogens with two attached hydrogens (primary N) is 1. The molecule has 0 saturated heterocycles. The molecule has 0 atom stereocenters. The molecule has 3 aromatic rings. The number of hydrogen-bond acceptors (Lipinski definition) is 5. The number of rotatable bonds is 4. The van der Waals surface area contributed by atoms with Crippen molar-refractivity contribution in [3.63, 3.8) is 0 Å². The van der Waals surface area contributed by atoms with Crippen LogP contribution in [0.5, 0.6) is 0 Å². The molecule has 1 aliphatic carbocycles. The lowest BCUT2D eigenvalue weighted by Gasteiger charge is -2.11. The molecule has 0 spiro atoms. The van der Waals surface area contributed by atoms with Gasteiger partial charge in [0.2, 0.25) is 0 Å². The summed E-state index contributed by atoms with van der Waals surface area (Å²) in [6.07, 6.45) is 2.19. The highest BCUT2D eigenvalue weighted by molar-refractivity contribution is 6.12. The lowest BCUT2D eigenvalue weighted by Crippen LogP contribution is -2.15. The fourth-order valence-corrected chi connectivity index (χ4v) is 3.12. The Morgan fingerprint density at radius 2 is 2.08 bits per heavy atom. The molecule has 26 heavy (non-hydrogen) atoms. The third kappa shape index (κ3) is 2.92. The van der Waals surface area contributed by atoms with Crippen LogP contribution in [0.3, 0.4) is 0 Å². The first-order valence-corrected chi connectivity index (χ1v) is 8.91. The molecule has 1 fully saturated rings. The molecular weight excluding hydrogens is 328 g/mol. The summed E-state index contributed by atoms with van der Waals surface area (Å²) >= 11 is 0. The van der Waals surface area contributed by atoms with E-state index in [2.05, 4.69) is 15.5 Å². The van der Waals surface area contributed by atoms with Crippen LogP contribution in [0.2, 0.25) is 0 Å². The van der Waals surface area contributed by atoms with E-state index in [9.17, 15) is 4.79 Å². The van der Waals surface area contributed by atoms with E-state index in [0.717, 1.165) is 29.8 Å². The Morgan fingerprint density at radius 1 is 1.31 bits per heavy atom. The molecule has 6 nitrogen and oxygen atoms in total. The van der Waals surface area contributed by atoms with Crippen molar-refractivity contribution in [3.05, 3.63) is 46.8 Å². The van der Waals surface area contributed by atoms with Crippen LogP contribution in [0.4, 0.5) is 11.4 Å². The second kappa shape index (κ2) is 6.12. The highest BCUT2D eigenvalue weighted by atomic mass is 16.5. The SMILES string of the molecule is Cc1ccc(N)cc1NC(=O)c1cc(C2CC2)nc2onc(C(C)C)c12. The summed E-state index contributed by atoms with van der Waals surface area (Å²) in [6.45, 7) is 5.98. The number of carbonyl (C=O) groups excluding carboxylic acids is 1. The first-order valence-electron chi connectivity index (χ1n) is 8.91. The third-order valence-electron chi connectivity index (χ3n) is 4.79. The van der Waals surface area contributed by atoms with Gasteiger partial charge in [-0.05, 0) is 49.4 Å². The number of aryl methyl sites for hydroxylation is 1. The highest BCUT2D eigenvalue weighted by Gasteiger charge is 2.29. The van der Waals surface area contributed by atoms with Crippen LogP contribution in [0, 0.1) is 6.92 Å². The summed E-state index contributed by atoms with van der Waals surface area (Å²) < 4.78 is 5.45. The van der Waals surface area contributed by atoms with Crippen molar-refractivity contribution in [3.8, 4) is 0 Å². The first kappa shape index (κ1) is 16.6. The second-order valence-electron chi connectivity index (χ2n) is 7.30. The van der Waals surface area contributed by atoms with Gasteiger partial charge in [0, 0.05) is 23.0 Å². The molecule has 1 saturated carbocycles. The van der Waals surface area contributed by atoms with Crippen molar-refractivity contribution >= 4 is 28.4 Å². The normalized spacial score (nSPS) is 14.2. The molecule has 3 N–H and O–H groups in total. The molecule has 6 heteroatoms. The number of fused-ring (bicyclic) bond motifs is 1. The Balaban J connectivity index is 1.81. The van der Waals surface area contributed by atoms with Gasteiger partial charge in [-0.1, -0.05) is 25.1 Å². The molecule has 0 radical (unpaired) electrons. The van der Waals surface area contributed by atoms with Gasteiger partial charge in [-0.25, -0.2) is 4.98 Å². The average Bonchev–Trinajstić information content (AvgIpc) is 3.36. The van der Waals surface area contributed by atoms with Crippen LogP contribution < -0.4 is 11.1 Å². The van der Waals surface area contributed by atoms with Crippen LogP contribution in [0.15, 0.2) is 28.8 Å². The molecule has 4 rings (SSSR count). The number of hydrogen-bond donors (Lipinski definition) is 2. The van der Waals surface area contributed by atoms with Gasteiger partial charge in [-0.15, -0.1) is 0 Å². The lowest BCUT2D eigenvalue weighted by atomic mass is 10.0. The smallest absolute Gasteiger partial charge is 0.259 e. The van der Waals surface area contributed by atoms with Crippen LogP contribution in [-0.4, -0.2) is 16.0 Å². The van der Waals surface area contributed by atoms with Crippen molar-refractivity contribution in [2.24, 2.45) is 0 Å². The van der Waals surface area contributed by atoms with Gasteiger partial charge >= 0.3 is 0 Å². The number of nitrogen functional groups attached to an aromatic ring is 1. The molecule has 2 heterocycles. The van der Waals surface area contributed by atoms with Crippen molar-refractivity contribution in [1.29, 1.82) is 0 Å². The standard InChI is InChI=1S/C20H22N4O2/c1-10(2)18-17-14(9-16(12-5-6-12)23-20(17)26-24-18)19(25)22-15-8-13(21)7-4-11(15)3/h4,7-10,12H,5-6,21H2,1-3H3,(H,22,25). The van der Waals surface area contributed by atoms with Gasteiger partial charge in [-0.2, -0.15) is 0 Å². The molecule has 2 aromatic heterocycles. The fraction of sp³-hybridized carbons (Fsp3) is 0.350. The number of anilines is 2. The van der Waals surface area contributed by atoms with E-state index >= 15 is 0 Å². The minimum Gasteiger partial charge on any atom is -0.399 e. The predicted molar refractivity (Wildman–Crippen MR) is 101 cm³/mol. The fourth-order valence-electron chi connectivity index (χ4n) is 3.12. The second-order valence-corrected chi connectivity index (χ2v) is 7.30. The molecule has 1 aliphatic rings. The third-order valence-corrected chi connectivity index (χ3v) is 4.79. The Bertz CT molecular complexity index is 1000. The minimum absolute atomic E-state index is 0.130. The number of aromatic nitrogens is 2. The molecular formula is C20H22N4O2. The summed E-state index contributed by atoms with van der Waals surface area (Å²) in [6, 6.07) is 7.36. The largest absolute Gasteiger partial charge is 0.399 e. The summed E-state index contributed by atoms with van der Waals surface area (Å²) in [5.41, 5.74) is 10.8. The molecule has 1 aromatic carbocycles. The molecule has 0 aliphatic heterocycles. The molecule has 134 valence electrons. The lowest BCUT2D eigenvalue weighted by molar-refractivity contribution is 0.102. The zero-order valence-electron chi connectivity index (χ0n) is 15.2. The van der Waals surface area contributed by atoms with Gasteiger partial charge in [0.15, 0.2) is 0 Å². The summed E-state index contributed by atoms with van der Waals surface area (Å²) in [4.78, 5) is 17.7. The van der Waals surface area contributed by atoms with Crippen molar-refractivity contribution < 1.29 is 9.32 Å². The maximum Gasteiger partial charge on any atom is 0.259 e. The monoisotopic (exact) mass is 350 g/mol. The maximum atomic E-state index is 13.1. The van der Waals surface area contributed by atoms with Gasteiger partial charge < -0.3 is 15.6 Å². The Kier molecular flexibility index (Phi) is 3.90. The Hall–Kier alpha value is -2.89. The summed E-state index contributed by atoms with van der Waals surface area (Å²) in [5, 5.41) is 7.84. The molecule has 0 bridgehead atoms. The Morgan fingerprint density at radius 3 is 2.77 bits per heavy atom. The maximum absolute atomic E-state index is 13.1. The number of amides is 1. The van der Waals surface area contributed by atoms with Gasteiger partial charge in [0.25, 0.3) is 11.6 Å². The quantitative estimate of drug-likeness (QED) is 0.682. The van der Waals surface area contributed by atoms with Crippen LogP contribution in [0.1, 0.15) is 65.8 Å². The Labute approximate surface area is 151 Å². The zero-order chi connectivity index (χ0) is 18.4. The van der Waals surface area contributed by atoms with Crippen LogP contribution in [0.25, 0.3) is 11.1 Å². The number of nitrogens with zero attached hydrogens (tertiary/aromatic N) is 2. The molecule has 0 unspecified atom stereocenters. The van der Waals surface area contributed by atoms with Gasteiger partial charge in [0.05, 0.1) is 16.6 Å². The number of nitrogens with one attached hydrogen (secondary N) is 1. The van der Waals surface area contributed by atoms with E-state index in [-0.39, 0.29) is 11.8 Å². The van der Waals surface area contributed by atoms with E-state index in [4.69, 9.17) is 10.3 Å². The average molecular weight is 350 g/mol. The number of benzene rings is 1. The van der Waals surface area contributed by atoms with Gasteiger partial charge in [0.1, 0.15) is 0 Å². The van der Waals surface area contributed by atoms with E-state index in [0.29, 0.717) is 34.0 Å². The number of carbonyl (C=O) groups is 1. The minimum atomic E-state index is -0.196. The van der Waals surface area contributed by atoms with Crippen LogP contribution in [-0.2, 0) is 0 Å². The van der Waals surface area contributed by atoms with Crippen molar-refractivity contribution in [1.82, 2.24) is 10.1 Å². The number of pyridine rings is 1. The van der Waals surface area contributed by atoms with Crippen LogP contribution >= 0.6 is 0 Å².